The van der Waals surface area contributed by atoms with Gasteiger partial charge in [-0.25, -0.2) is 0 Å². The molecule has 1 fully saturated rings. The van der Waals surface area contributed by atoms with Gasteiger partial charge in [0.15, 0.2) is 0 Å². The number of aryl methyl sites for hydroxylation is 1. The molecule has 5 heteroatoms. The van der Waals surface area contributed by atoms with Crippen LogP contribution in [0, 0.1) is 13.8 Å². The predicted octanol–water partition coefficient (Wildman–Crippen LogP) is 5.43. The molecule has 4 rings (SSSR count). The molecule has 0 atom stereocenters. The lowest BCUT2D eigenvalue weighted by Gasteiger charge is -2.40. The first kappa shape index (κ1) is 19.9. The average Bonchev–Trinajstić information content (AvgIpc) is 3.28. The van der Waals surface area contributed by atoms with Gasteiger partial charge in [-0.15, -0.1) is 11.3 Å². The number of nitrogens with zero attached hydrogens (tertiary/aromatic N) is 3. The summed E-state index contributed by atoms with van der Waals surface area (Å²) < 4.78 is 0. The molecule has 0 saturated carbocycles. The summed E-state index contributed by atoms with van der Waals surface area (Å²) in [4.78, 5) is 23.3. The van der Waals surface area contributed by atoms with Crippen LogP contribution in [0.25, 0.3) is 10.9 Å². The Morgan fingerprint density at radius 1 is 1.17 bits per heavy atom. The fraction of sp³-hybridized carbons (Fsp3) is 0.417. The van der Waals surface area contributed by atoms with Gasteiger partial charge >= 0.3 is 0 Å². The van der Waals surface area contributed by atoms with Crippen LogP contribution in [0.5, 0.6) is 0 Å². The number of rotatable bonds is 5. The molecular formula is C24H29N3OS. The zero-order valence-corrected chi connectivity index (χ0v) is 18.3. The molecule has 1 aromatic carbocycles. The topological polar surface area (TPSA) is 36.4 Å². The zero-order valence-electron chi connectivity index (χ0n) is 17.5. The number of fused-ring (bicyclic) bond motifs is 1. The molecule has 0 aliphatic carbocycles. The number of para-hydroxylation sites is 1. The van der Waals surface area contributed by atoms with E-state index in [-0.39, 0.29) is 5.91 Å². The van der Waals surface area contributed by atoms with Gasteiger partial charge in [-0.1, -0.05) is 31.2 Å². The highest BCUT2D eigenvalue weighted by Crippen LogP contribution is 2.34. The summed E-state index contributed by atoms with van der Waals surface area (Å²) in [7, 11) is 0. The standard InChI is InChI=1S/C24H29N3OS/c1-4-13-27(24(28)22-10-7-16-29-22)19-11-14-26(15-12-19)23-17(2)18(3)25-21-9-6-5-8-20(21)23/h5-10,16,19H,4,11-15H2,1-3H3. The van der Waals surface area contributed by atoms with Gasteiger partial charge in [-0.3, -0.25) is 9.78 Å². The molecule has 0 bridgehead atoms. The summed E-state index contributed by atoms with van der Waals surface area (Å²) in [6, 6.07) is 12.6. The molecular weight excluding hydrogens is 378 g/mol. The van der Waals surface area contributed by atoms with Gasteiger partial charge in [-0.05, 0) is 56.2 Å². The Labute approximate surface area is 177 Å². The van der Waals surface area contributed by atoms with Crippen molar-refractivity contribution in [3.8, 4) is 0 Å². The average molecular weight is 408 g/mol. The van der Waals surface area contributed by atoms with Crippen molar-refractivity contribution in [1.82, 2.24) is 9.88 Å². The van der Waals surface area contributed by atoms with Crippen LogP contribution in [0.3, 0.4) is 0 Å². The Bertz CT molecular complexity index is 991. The van der Waals surface area contributed by atoms with Crippen LogP contribution in [-0.4, -0.2) is 41.5 Å². The summed E-state index contributed by atoms with van der Waals surface area (Å²) >= 11 is 1.54. The first-order valence-electron chi connectivity index (χ1n) is 10.6. The van der Waals surface area contributed by atoms with Crippen LogP contribution < -0.4 is 4.90 Å². The molecule has 1 amide bonds. The number of benzene rings is 1. The van der Waals surface area contributed by atoms with E-state index in [9.17, 15) is 4.79 Å². The number of carbonyl (C=O) groups excluding carboxylic acids is 1. The number of anilines is 1. The van der Waals surface area contributed by atoms with Crippen LogP contribution in [0.15, 0.2) is 41.8 Å². The number of carbonyl (C=O) groups is 1. The highest BCUT2D eigenvalue weighted by molar-refractivity contribution is 7.12. The lowest BCUT2D eigenvalue weighted by Crippen LogP contribution is -2.47. The highest BCUT2D eigenvalue weighted by Gasteiger charge is 2.29. The molecule has 152 valence electrons. The van der Waals surface area contributed by atoms with Crippen LogP contribution >= 0.6 is 11.3 Å². The van der Waals surface area contributed by atoms with Crippen LogP contribution in [-0.2, 0) is 0 Å². The van der Waals surface area contributed by atoms with Crippen LogP contribution in [0.2, 0.25) is 0 Å². The van der Waals surface area contributed by atoms with Crippen molar-refractivity contribution in [3.05, 3.63) is 57.9 Å². The molecule has 3 aromatic rings. The summed E-state index contributed by atoms with van der Waals surface area (Å²) in [6.45, 7) is 9.20. The van der Waals surface area contributed by atoms with E-state index in [1.807, 2.05) is 17.5 Å². The van der Waals surface area contributed by atoms with Gasteiger partial charge in [0, 0.05) is 36.8 Å². The summed E-state index contributed by atoms with van der Waals surface area (Å²) in [6.07, 6.45) is 3.00. The molecule has 2 aromatic heterocycles. The van der Waals surface area contributed by atoms with Crippen molar-refractivity contribution < 1.29 is 4.79 Å². The van der Waals surface area contributed by atoms with E-state index in [1.54, 1.807) is 11.3 Å². The lowest BCUT2D eigenvalue weighted by atomic mass is 9.99. The number of hydrogen-bond acceptors (Lipinski definition) is 4. The molecule has 0 unspecified atom stereocenters. The van der Waals surface area contributed by atoms with Gasteiger partial charge < -0.3 is 9.80 Å². The number of pyridine rings is 1. The van der Waals surface area contributed by atoms with Gasteiger partial charge in [0.2, 0.25) is 0 Å². The third-order valence-electron chi connectivity index (χ3n) is 6.02. The molecule has 1 aliphatic rings. The Hall–Kier alpha value is -2.40. The van der Waals surface area contributed by atoms with E-state index < -0.39 is 0 Å². The number of aromatic nitrogens is 1. The maximum absolute atomic E-state index is 13.0. The van der Waals surface area contributed by atoms with Crippen molar-refractivity contribution in [2.24, 2.45) is 0 Å². The molecule has 0 N–H and O–H groups in total. The number of piperidine rings is 1. The summed E-state index contributed by atoms with van der Waals surface area (Å²) in [5, 5.41) is 3.22. The second-order valence-corrected chi connectivity index (χ2v) is 8.83. The Balaban J connectivity index is 1.56. The van der Waals surface area contributed by atoms with E-state index in [4.69, 9.17) is 4.98 Å². The SMILES string of the molecule is CCCN(C(=O)c1cccs1)C1CCN(c2c(C)c(C)nc3ccccc23)CC1. The fourth-order valence-electron chi connectivity index (χ4n) is 4.45. The molecule has 4 nitrogen and oxygen atoms in total. The monoisotopic (exact) mass is 407 g/mol. The molecule has 0 spiro atoms. The molecule has 1 saturated heterocycles. The lowest BCUT2D eigenvalue weighted by molar-refractivity contribution is 0.0655. The fourth-order valence-corrected chi connectivity index (χ4v) is 5.13. The van der Waals surface area contributed by atoms with E-state index >= 15 is 0 Å². The first-order valence-corrected chi connectivity index (χ1v) is 11.4. The second-order valence-electron chi connectivity index (χ2n) is 7.88. The van der Waals surface area contributed by atoms with Gasteiger partial charge in [0.1, 0.15) is 0 Å². The first-order chi connectivity index (χ1) is 14.1. The Morgan fingerprint density at radius 2 is 1.93 bits per heavy atom. The summed E-state index contributed by atoms with van der Waals surface area (Å²) in [5.41, 5.74) is 4.75. The van der Waals surface area contributed by atoms with Crippen molar-refractivity contribution >= 4 is 33.8 Å². The minimum absolute atomic E-state index is 0.196. The largest absolute Gasteiger partial charge is 0.371 e. The van der Waals surface area contributed by atoms with E-state index in [0.717, 1.165) is 55.0 Å². The minimum atomic E-state index is 0.196. The number of amides is 1. The van der Waals surface area contributed by atoms with Crippen molar-refractivity contribution in [3.63, 3.8) is 0 Å². The molecule has 3 heterocycles. The third-order valence-corrected chi connectivity index (χ3v) is 6.88. The van der Waals surface area contributed by atoms with Crippen molar-refractivity contribution in [1.29, 1.82) is 0 Å². The third kappa shape index (κ3) is 3.88. The quantitative estimate of drug-likeness (QED) is 0.565. The smallest absolute Gasteiger partial charge is 0.264 e. The molecule has 0 radical (unpaired) electrons. The van der Waals surface area contributed by atoms with Crippen LogP contribution in [0.4, 0.5) is 5.69 Å². The van der Waals surface area contributed by atoms with Gasteiger partial charge in [-0.2, -0.15) is 0 Å². The maximum atomic E-state index is 13.0. The van der Waals surface area contributed by atoms with Gasteiger partial charge in [0.05, 0.1) is 16.1 Å². The van der Waals surface area contributed by atoms with Crippen molar-refractivity contribution in [2.75, 3.05) is 24.5 Å². The van der Waals surface area contributed by atoms with E-state index in [1.165, 1.54) is 16.6 Å². The highest BCUT2D eigenvalue weighted by atomic mass is 32.1. The molecule has 29 heavy (non-hydrogen) atoms. The van der Waals surface area contributed by atoms with Gasteiger partial charge in [0.25, 0.3) is 5.91 Å². The minimum Gasteiger partial charge on any atom is -0.371 e. The number of hydrogen-bond donors (Lipinski definition) is 0. The van der Waals surface area contributed by atoms with Crippen LogP contribution in [0.1, 0.15) is 47.1 Å². The normalized spacial score (nSPS) is 15.1. The zero-order chi connectivity index (χ0) is 20.4. The molecule has 1 aliphatic heterocycles. The van der Waals surface area contributed by atoms with E-state index in [2.05, 4.69) is 54.8 Å². The predicted molar refractivity (Wildman–Crippen MR) is 122 cm³/mol. The Kier molecular flexibility index (Phi) is 5.86. The number of thiophene rings is 1. The summed E-state index contributed by atoms with van der Waals surface area (Å²) in [5.74, 6) is 0.196. The van der Waals surface area contributed by atoms with E-state index in [0.29, 0.717) is 6.04 Å². The maximum Gasteiger partial charge on any atom is 0.264 e. The second kappa shape index (κ2) is 8.54. The Morgan fingerprint density at radius 3 is 2.62 bits per heavy atom. The van der Waals surface area contributed by atoms with Crippen molar-refractivity contribution in [2.45, 2.75) is 46.1 Å².